The molecule has 0 saturated carbocycles. The first kappa shape index (κ1) is 15.9. The summed E-state index contributed by atoms with van der Waals surface area (Å²) in [6.07, 6.45) is 0. The van der Waals surface area contributed by atoms with E-state index >= 15 is 0 Å². The quantitative estimate of drug-likeness (QED) is 0.608. The van der Waals surface area contributed by atoms with Crippen LogP contribution in [0.3, 0.4) is 0 Å². The molecule has 0 bridgehead atoms. The second kappa shape index (κ2) is 6.85. The number of anilines is 1. The molecule has 0 atom stereocenters. The first-order chi connectivity index (χ1) is 9.40. The van der Waals surface area contributed by atoms with Gasteiger partial charge in [-0.1, -0.05) is 6.07 Å². The van der Waals surface area contributed by atoms with Crippen LogP contribution in [-0.4, -0.2) is 42.3 Å². The summed E-state index contributed by atoms with van der Waals surface area (Å²) in [6.45, 7) is 4.42. The van der Waals surface area contributed by atoms with Crippen molar-refractivity contribution in [3.8, 4) is 0 Å². The Morgan fingerprint density at radius 1 is 1.50 bits per heavy atom. The number of carboxylic acid groups (broad SMARTS) is 1. The number of nitro groups is 1. The Bertz CT molecular complexity index is 469. The molecule has 1 aromatic carbocycles. The number of aromatic carboxylic acids is 1. The zero-order valence-electron chi connectivity index (χ0n) is 11.7. The number of rotatable bonds is 7. The monoisotopic (exact) mass is 282 g/mol. The summed E-state index contributed by atoms with van der Waals surface area (Å²) in [4.78, 5) is 23.6. The van der Waals surface area contributed by atoms with E-state index < -0.39 is 10.9 Å². The molecule has 7 heteroatoms. The Kier molecular flexibility index (Phi) is 5.45. The zero-order chi connectivity index (χ0) is 15.3. The third-order valence-electron chi connectivity index (χ3n) is 2.89. The van der Waals surface area contributed by atoms with Gasteiger partial charge in [0, 0.05) is 25.8 Å². The van der Waals surface area contributed by atoms with Crippen molar-refractivity contribution in [3.05, 3.63) is 33.9 Å². The first-order valence-electron chi connectivity index (χ1n) is 6.16. The molecule has 0 aliphatic carbocycles. The molecule has 1 rings (SSSR count). The maximum atomic E-state index is 11.3. The highest BCUT2D eigenvalue weighted by Gasteiger charge is 2.27. The topological polar surface area (TPSA) is 92.9 Å². The van der Waals surface area contributed by atoms with Gasteiger partial charge in [0.15, 0.2) is 0 Å². The van der Waals surface area contributed by atoms with Gasteiger partial charge in [0.2, 0.25) is 0 Å². The molecule has 0 heterocycles. The molecule has 0 saturated heterocycles. The average molecular weight is 282 g/mol. The van der Waals surface area contributed by atoms with Crippen LogP contribution in [0.15, 0.2) is 18.2 Å². The molecule has 0 radical (unpaired) electrons. The Labute approximate surface area is 116 Å². The second-order valence-electron chi connectivity index (χ2n) is 4.52. The number of ether oxygens (including phenoxy) is 1. The lowest BCUT2D eigenvalue weighted by Gasteiger charge is -2.29. The molecule has 0 aromatic heterocycles. The maximum absolute atomic E-state index is 11.3. The van der Waals surface area contributed by atoms with Crippen LogP contribution in [0, 0.1) is 10.1 Å². The predicted octanol–water partition coefficient (Wildman–Crippen LogP) is 2.15. The van der Waals surface area contributed by atoms with Crippen molar-refractivity contribution in [1.82, 2.24) is 0 Å². The summed E-state index contributed by atoms with van der Waals surface area (Å²) in [5.74, 6) is -1.19. The van der Waals surface area contributed by atoms with Gasteiger partial charge in [0.25, 0.3) is 5.69 Å². The third-order valence-corrected chi connectivity index (χ3v) is 2.89. The highest BCUT2D eigenvalue weighted by molar-refractivity contribution is 5.97. The lowest BCUT2D eigenvalue weighted by atomic mass is 10.1. The predicted molar refractivity (Wildman–Crippen MR) is 74.4 cm³/mol. The summed E-state index contributed by atoms with van der Waals surface area (Å²) in [5.41, 5.74) is -0.171. The minimum Gasteiger partial charge on any atom is -0.478 e. The highest BCUT2D eigenvalue weighted by atomic mass is 16.6. The largest absolute Gasteiger partial charge is 0.478 e. The number of hydrogen-bond acceptors (Lipinski definition) is 5. The van der Waals surface area contributed by atoms with Crippen molar-refractivity contribution in [2.45, 2.75) is 19.9 Å². The van der Waals surface area contributed by atoms with E-state index in [2.05, 4.69) is 0 Å². The lowest BCUT2D eigenvalue weighted by Crippen LogP contribution is -2.35. The second-order valence-corrected chi connectivity index (χ2v) is 4.52. The Morgan fingerprint density at radius 2 is 2.15 bits per heavy atom. The first-order valence-corrected chi connectivity index (χ1v) is 6.16. The molecule has 1 aromatic rings. The minimum atomic E-state index is -1.19. The normalized spacial score (nSPS) is 10.6. The molecule has 0 fully saturated rings. The van der Waals surface area contributed by atoms with E-state index in [1.165, 1.54) is 25.3 Å². The van der Waals surface area contributed by atoms with E-state index in [9.17, 15) is 20.0 Å². The van der Waals surface area contributed by atoms with Crippen LogP contribution in [-0.2, 0) is 4.74 Å². The van der Waals surface area contributed by atoms with Crippen molar-refractivity contribution in [2.24, 2.45) is 0 Å². The molecular weight excluding hydrogens is 264 g/mol. The van der Waals surface area contributed by atoms with Gasteiger partial charge < -0.3 is 14.7 Å². The Hall–Kier alpha value is -2.15. The number of carboxylic acids is 1. The lowest BCUT2D eigenvalue weighted by molar-refractivity contribution is -0.384. The van der Waals surface area contributed by atoms with Crippen molar-refractivity contribution < 1.29 is 19.6 Å². The van der Waals surface area contributed by atoms with Crippen LogP contribution in [0.4, 0.5) is 11.4 Å². The van der Waals surface area contributed by atoms with Crippen LogP contribution in [0.25, 0.3) is 0 Å². The average Bonchev–Trinajstić information content (AvgIpc) is 2.38. The van der Waals surface area contributed by atoms with Gasteiger partial charge >= 0.3 is 5.97 Å². The Balaban J connectivity index is 3.42. The van der Waals surface area contributed by atoms with Crippen molar-refractivity contribution in [1.29, 1.82) is 0 Å². The summed E-state index contributed by atoms with van der Waals surface area (Å²) >= 11 is 0. The van der Waals surface area contributed by atoms with Gasteiger partial charge in [-0.15, -0.1) is 0 Å². The SMILES string of the molecule is COCCN(c1c(C(=O)O)cccc1[N+](=O)[O-])C(C)C. The third kappa shape index (κ3) is 3.45. The minimum absolute atomic E-state index is 0.0796. The van der Waals surface area contributed by atoms with Crippen LogP contribution < -0.4 is 4.90 Å². The standard InChI is InChI=1S/C13H18N2O5/c1-9(2)14(7-8-20-3)12-10(13(16)17)5-4-6-11(12)15(18)19/h4-6,9H,7-8H2,1-3H3,(H,16,17). The van der Waals surface area contributed by atoms with Gasteiger partial charge in [-0.2, -0.15) is 0 Å². The molecule has 0 spiro atoms. The summed E-state index contributed by atoms with van der Waals surface area (Å²) in [7, 11) is 1.52. The van der Waals surface area contributed by atoms with Crippen LogP contribution in [0.5, 0.6) is 0 Å². The number of carbonyl (C=O) groups is 1. The number of methoxy groups -OCH3 is 1. The van der Waals surface area contributed by atoms with E-state index in [1.807, 2.05) is 13.8 Å². The van der Waals surface area contributed by atoms with E-state index in [1.54, 1.807) is 4.90 Å². The van der Waals surface area contributed by atoms with Gasteiger partial charge in [-0.05, 0) is 19.9 Å². The molecule has 7 nitrogen and oxygen atoms in total. The molecule has 110 valence electrons. The van der Waals surface area contributed by atoms with Crippen molar-refractivity contribution >= 4 is 17.3 Å². The van der Waals surface area contributed by atoms with Crippen LogP contribution in [0.2, 0.25) is 0 Å². The molecular formula is C13H18N2O5. The van der Waals surface area contributed by atoms with E-state index in [4.69, 9.17) is 4.74 Å². The highest BCUT2D eigenvalue weighted by Crippen LogP contribution is 2.33. The zero-order valence-corrected chi connectivity index (χ0v) is 11.7. The van der Waals surface area contributed by atoms with Gasteiger partial charge in [-0.25, -0.2) is 4.79 Å². The fourth-order valence-corrected chi connectivity index (χ4v) is 1.97. The number of benzene rings is 1. The number of para-hydroxylation sites is 1. The smallest absolute Gasteiger partial charge is 0.338 e. The molecule has 0 aliphatic heterocycles. The molecule has 20 heavy (non-hydrogen) atoms. The molecule has 0 amide bonds. The molecule has 0 unspecified atom stereocenters. The Morgan fingerprint density at radius 3 is 2.60 bits per heavy atom. The van der Waals surface area contributed by atoms with Gasteiger partial charge in [0.05, 0.1) is 17.1 Å². The maximum Gasteiger partial charge on any atom is 0.338 e. The molecule has 1 N–H and O–H groups in total. The van der Waals surface area contributed by atoms with Gasteiger partial charge in [-0.3, -0.25) is 10.1 Å². The van der Waals surface area contributed by atoms with Crippen LogP contribution >= 0.6 is 0 Å². The van der Waals surface area contributed by atoms with Gasteiger partial charge in [0.1, 0.15) is 5.69 Å². The number of nitrogens with zero attached hydrogens (tertiary/aromatic N) is 2. The fourth-order valence-electron chi connectivity index (χ4n) is 1.97. The van der Waals surface area contributed by atoms with E-state index in [-0.39, 0.29) is 23.0 Å². The summed E-state index contributed by atoms with van der Waals surface area (Å²) < 4.78 is 4.99. The summed E-state index contributed by atoms with van der Waals surface area (Å²) in [6, 6.07) is 3.96. The van der Waals surface area contributed by atoms with Crippen LogP contribution in [0.1, 0.15) is 24.2 Å². The van der Waals surface area contributed by atoms with E-state index in [0.717, 1.165) is 0 Å². The fraction of sp³-hybridized carbons (Fsp3) is 0.462. The number of nitro benzene ring substituents is 1. The molecule has 0 aliphatic rings. The van der Waals surface area contributed by atoms with E-state index in [0.29, 0.717) is 13.2 Å². The van der Waals surface area contributed by atoms with Crippen molar-refractivity contribution in [2.75, 3.05) is 25.2 Å². The van der Waals surface area contributed by atoms with Crippen molar-refractivity contribution in [3.63, 3.8) is 0 Å². The number of hydrogen-bond donors (Lipinski definition) is 1. The summed E-state index contributed by atoms with van der Waals surface area (Å²) in [5, 5.41) is 20.4.